The fourth-order valence-corrected chi connectivity index (χ4v) is 2.64. The van der Waals surface area contributed by atoms with Gasteiger partial charge in [-0.1, -0.05) is 0 Å². The molecule has 3 N–H and O–H groups in total. The molecule has 0 bridgehead atoms. The summed E-state index contributed by atoms with van der Waals surface area (Å²) in [5, 5.41) is 2.44. The molecule has 0 aliphatic rings. The first-order chi connectivity index (χ1) is 14.9. The Kier molecular flexibility index (Phi) is 8.74. The van der Waals surface area contributed by atoms with E-state index >= 15 is 0 Å². The molecule has 0 radical (unpaired) electrons. The van der Waals surface area contributed by atoms with E-state index in [-0.39, 0.29) is 12.1 Å². The third kappa shape index (κ3) is 6.39. The summed E-state index contributed by atoms with van der Waals surface area (Å²) in [6.45, 7) is 7.87. The number of nitrogens with one attached hydrogen (secondary N) is 3. The predicted octanol–water partition coefficient (Wildman–Crippen LogP) is 1.98. The third-order valence-electron chi connectivity index (χ3n) is 4.00. The fraction of sp³-hybridized carbons (Fsp3) is 0.381. The highest BCUT2D eigenvalue weighted by Crippen LogP contribution is 2.39. The average molecular weight is 433 g/mol. The van der Waals surface area contributed by atoms with Crippen LogP contribution in [0.4, 0.5) is 0 Å². The molecule has 0 spiro atoms. The van der Waals surface area contributed by atoms with E-state index in [4.69, 9.17) is 18.6 Å². The van der Waals surface area contributed by atoms with Crippen molar-refractivity contribution in [3.05, 3.63) is 41.3 Å². The quantitative estimate of drug-likeness (QED) is 0.489. The molecule has 0 unspecified atom stereocenters. The second-order valence-electron chi connectivity index (χ2n) is 6.18. The molecule has 1 heterocycles. The third-order valence-corrected chi connectivity index (χ3v) is 4.00. The molecule has 31 heavy (non-hydrogen) atoms. The maximum atomic E-state index is 12.5. The van der Waals surface area contributed by atoms with E-state index in [1.807, 2.05) is 20.8 Å². The van der Waals surface area contributed by atoms with E-state index in [1.165, 1.54) is 24.5 Å². The first kappa shape index (κ1) is 23.6. The second-order valence-corrected chi connectivity index (χ2v) is 6.18. The van der Waals surface area contributed by atoms with Crippen molar-refractivity contribution < 1.29 is 33.0 Å². The Bertz CT molecular complexity index is 896. The van der Waals surface area contributed by atoms with E-state index in [2.05, 4.69) is 16.2 Å². The van der Waals surface area contributed by atoms with Crippen molar-refractivity contribution in [3.63, 3.8) is 0 Å². The van der Waals surface area contributed by atoms with Gasteiger partial charge in [0, 0.05) is 5.56 Å². The van der Waals surface area contributed by atoms with Crippen molar-refractivity contribution in [3.8, 4) is 17.2 Å². The number of benzene rings is 1. The zero-order valence-electron chi connectivity index (χ0n) is 18.0. The van der Waals surface area contributed by atoms with E-state index < -0.39 is 17.7 Å². The molecule has 2 rings (SSSR count). The van der Waals surface area contributed by atoms with Crippen molar-refractivity contribution in [2.75, 3.05) is 26.4 Å². The van der Waals surface area contributed by atoms with Crippen molar-refractivity contribution in [1.82, 2.24) is 16.2 Å². The Hall–Kier alpha value is -3.69. The molecule has 3 amide bonds. The number of aryl methyl sites for hydroxylation is 1. The van der Waals surface area contributed by atoms with Gasteiger partial charge in [-0.05, 0) is 45.9 Å². The largest absolute Gasteiger partial charge is 0.490 e. The number of furan rings is 1. The van der Waals surface area contributed by atoms with Gasteiger partial charge in [0.15, 0.2) is 11.5 Å². The molecule has 1 aromatic carbocycles. The molecule has 0 fully saturated rings. The number of hydrazine groups is 1. The van der Waals surface area contributed by atoms with E-state index in [1.54, 1.807) is 6.92 Å². The predicted molar refractivity (Wildman–Crippen MR) is 111 cm³/mol. The summed E-state index contributed by atoms with van der Waals surface area (Å²) >= 11 is 0. The summed E-state index contributed by atoms with van der Waals surface area (Å²) in [4.78, 5) is 36.5. The van der Waals surface area contributed by atoms with Crippen LogP contribution in [0.3, 0.4) is 0 Å². The number of carbonyl (C=O) groups is 3. The Morgan fingerprint density at radius 2 is 1.52 bits per heavy atom. The molecule has 10 nitrogen and oxygen atoms in total. The molecule has 0 saturated heterocycles. The van der Waals surface area contributed by atoms with E-state index in [0.29, 0.717) is 48.4 Å². The number of ether oxygens (including phenoxy) is 3. The average Bonchev–Trinajstić information content (AvgIpc) is 3.18. The highest BCUT2D eigenvalue weighted by molar-refractivity contribution is 5.99. The van der Waals surface area contributed by atoms with Crippen LogP contribution in [-0.4, -0.2) is 44.1 Å². The molecule has 1 aromatic heterocycles. The van der Waals surface area contributed by atoms with Gasteiger partial charge in [0.05, 0.1) is 38.2 Å². The van der Waals surface area contributed by atoms with Crippen molar-refractivity contribution in [2.45, 2.75) is 27.7 Å². The van der Waals surface area contributed by atoms with Gasteiger partial charge in [0.2, 0.25) is 5.75 Å². The summed E-state index contributed by atoms with van der Waals surface area (Å²) in [7, 11) is 0. The molecule has 2 aromatic rings. The van der Waals surface area contributed by atoms with Gasteiger partial charge in [-0.2, -0.15) is 0 Å². The lowest BCUT2D eigenvalue weighted by Crippen LogP contribution is -2.46. The summed E-state index contributed by atoms with van der Waals surface area (Å²) in [6, 6.07) is 4.51. The first-order valence-corrected chi connectivity index (χ1v) is 9.89. The molecule has 168 valence electrons. The highest BCUT2D eigenvalue weighted by atomic mass is 16.5. The van der Waals surface area contributed by atoms with Crippen LogP contribution in [0.2, 0.25) is 0 Å². The van der Waals surface area contributed by atoms with Crippen molar-refractivity contribution in [1.29, 1.82) is 0 Å². The van der Waals surface area contributed by atoms with Gasteiger partial charge in [-0.3, -0.25) is 25.2 Å². The number of hydrogen-bond donors (Lipinski definition) is 3. The summed E-state index contributed by atoms with van der Waals surface area (Å²) in [5.74, 6) is -0.0916. The van der Waals surface area contributed by atoms with Crippen molar-refractivity contribution in [2.24, 2.45) is 0 Å². The summed E-state index contributed by atoms with van der Waals surface area (Å²) in [6.07, 6.45) is 1.38. The van der Waals surface area contributed by atoms with Gasteiger partial charge in [0.1, 0.15) is 5.76 Å². The van der Waals surface area contributed by atoms with Crippen LogP contribution >= 0.6 is 0 Å². The molecule has 0 atom stereocenters. The molecular weight excluding hydrogens is 406 g/mol. The molecular formula is C21H27N3O7. The number of carbonyl (C=O) groups excluding carboxylic acids is 3. The number of rotatable bonds is 10. The van der Waals surface area contributed by atoms with Gasteiger partial charge < -0.3 is 23.9 Å². The van der Waals surface area contributed by atoms with Gasteiger partial charge in [0.25, 0.3) is 17.7 Å². The zero-order chi connectivity index (χ0) is 22.8. The lowest BCUT2D eigenvalue weighted by molar-refractivity contribution is -0.120. The second kappa shape index (κ2) is 11.5. The maximum absolute atomic E-state index is 12.5. The Morgan fingerprint density at radius 1 is 0.903 bits per heavy atom. The Morgan fingerprint density at radius 3 is 2.03 bits per heavy atom. The number of amides is 3. The van der Waals surface area contributed by atoms with E-state index in [0.717, 1.165) is 0 Å². The maximum Gasteiger partial charge on any atom is 0.269 e. The standard InChI is InChI=1S/C21H27N3O7/c1-5-28-16-10-14(11-17(29-6-2)19(16)30-7-3)20(26)24-23-18(25)12-22-21(27)15-8-9-31-13(15)4/h8-11H,5-7,12H2,1-4H3,(H,22,27)(H,23,25)(H,24,26). The molecule has 0 aliphatic carbocycles. The minimum Gasteiger partial charge on any atom is -0.490 e. The topological polar surface area (TPSA) is 128 Å². The smallest absolute Gasteiger partial charge is 0.269 e. The monoisotopic (exact) mass is 433 g/mol. The lowest BCUT2D eigenvalue weighted by atomic mass is 10.1. The SMILES string of the molecule is CCOc1cc(C(=O)NNC(=O)CNC(=O)c2ccoc2C)cc(OCC)c1OCC. The molecule has 10 heteroatoms. The van der Waals surface area contributed by atoms with Crippen LogP contribution in [0.25, 0.3) is 0 Å². The van der Waals surface area contributed by atoms with Crippen LogP contribution in [0, 0.1) is 6.92 Å². The minimum absolute atomic E-state index is 0.203. The van der Waals surface area contributed by atoms with Crippen LogP contribution < -0.4 is 30.4 Å². The molecule has 0 saturated carbocycles. The van der Waals surface area contributed by atoms with Crippen LogP contribution in [0.15, 0.2) is 28.9 Å². The number of hydrogen-bond acceptors (Lipinski definition) is 7. The normalized spacial score (nSPS) is 10.2. The summed E-state index contributed by atoms with van der Waals surface area (Å²) < 4.78 is 21.8. The highest BCUT2D eigenvalue weighted by Gasteiger charge is 2.19. The van der Waals surface area contributed by atoms with Gasteiger partial charge in [-0.15, -0.1) is 0 Å². The molecule has 0 aliphatic heterocycles. The summed E-state index contributed by atoms with van der Waals surface area (Å²) in [5.41, 5.74) is 5.08. The fourth-order valence-electron chi connectivity index (χ4n) is 2.64. The van der Waals surface area contributed by atoms with Crippen LogP contribution in [0.5, 0.6) is 17.2 Å². The first-order valence-electron chi connectivity index (χ1n) is 9.89. The van der Waals surface area contributed by atoms with Gasteiger partial charge >= 0.3 is 0 Å². The van der Waals surface area contributed by atoms with Crippen LogP contribution in [-0.2, 0) is 4.79 Å². The van der Waals surface area contributed by atoms with E-state index in [9.17, 15) is 14.4 Å². The Balaban J connectivity index is 2.01. The van der Waals surface area contributed by atoms with Crippen LogP contribution in [0.1, 0.15) is 47.2 Å². The van der Waals surface area contributed by atoms with Gasteiger partial charge in [-0.25, -0.2) is 0 Å². The van der Waals surface area contributed by atoms with Crippen molar-refractivity contribution >= 4 is 17.7 Å². The minimum atomic E-state index is -0.608. The lowest BCUT2D eigenvalue weighted by Gasteiger charge is -2.17. The Labute approximate surface area is 180 Å². The zero-order valence-corrected chi connectivity index (χ0v) is 18.0.